The first kappa shape index (κ1) is 18.0. The quantitative estimate of drug-likeness (QED) is 0.817. The minimum absolute atomic E-state index is 0.0738. The van der Waals surface area contributed by atoms with E-state index in [0.29, 0.717) is 24.5 Å². The summed E-state index contributed by atoms with van der Waals surface area (Å²) in [6, 6.07) is 8.44. The number of fused-ring (bicyclic) bond motifs is 1. The number of anilines is 1. The van der Waals surface area contributed by atoms with Gasteiger partial charge >= 0.3 is 0 Å². The molecule has 144 valence electrons. The van der Waals surface area contributed by atoms with Crippen LogP contribution in [0.3, 0.4) is 0 Å². The summed E-state index contributed by atoms with van der Waals surface area (Å²) in [7, 11) is 0. The van der Waals surface area contributed by atoms with Gasteiger partial charge in [-0.15, -0.1) is 0 Å². The summed E-state index contributed by atoms with van der Waals surface area (Å²) in [5, 5.41) is 5.86. The van der Waals surface area contributed by atoms with E-state index in [1.807, 2.05) is 18.2 Å². The molecule has 27 heavy (non-hydrogen) atoms. The minimum Gasteiger partial charge on any atom is -0.355 e. The van der Waals surface area contributed by atoms with E-state index in [9.17, 15) is 9.59 Å². The number of benzene rings is 1. The maximum Gasteiger partial charge on any atom is 0.228 e. The lowest BCUT2D eigenvalue weighted by molar-refractivity contribution is -0.122. The van der Waals surface area contributed by atoms with E-state index in [4.69, 9.17) is 0 Å². The fourth-order valence-electron chi connectivity index (χ4n) is 4.15. The smallest absolute Gasteiger partial charge is 0.228 e. The third-order valence-corrected chi connectivity index (χ3v) is 5.88. The van der Waals surface area contributed by atoms with Crippen molar-refractivity contribution in [1.29, 1.82) is 0 Å². The molecule has 2 amide bonds. The number of imidazole rings is 1. The lowest BCUT2D eigenvalue weighted by Crippen LogP contribution is -2.29. The van der Waals surface area contributed by atoms with Gasteiger partial charge in [0.2, 0.25) is 17.8 Å². The minimum atomic E-state index is -0.105. The molecule has 1 aromatic heterocycles. The Kier molecular flexibility index (Phi) is 5.14. The predicted molar refractivity (Wildman–Crippen MR) is 105 cm³/mol. The normalized spacial score (nSPS) is 22.6. The Balaban J connectivity index is 1.42. The largest absolute Gasteiger partial charge is 0.355 e. The van der Waals surface area contributed by atoms with Gasteiger partial charge in [-0.25, -0.2) is 4.98 Å². The van der Waals surface area contributed by atoms with Crippen molar-refractivity contribution < 1.29 is 9.59 Å². The molecule has 0 aliphatic heterocycles. The average Bonchev–Trinajstić information content (AvgIpc) is 3.30. The second-order valence-electron chi connectivity index (χ2n) is 7.99. The van der Waals surface area contributed by atoms with Crippen LogP contribution in [0.4, 0.5) is 5.95 Å². The SMILES string of the molecule is C[C@H]1C[C@H]1C(=O)NCCC(=O)Nc1nc2ccccc2n1C1CCCCC1. The number of nitrogens with one attached hydrogen (secondary N) is 2. The van der Waals surface area contributed by atoms with Crippen LogP contribution in [0.2, 0.25) is 0 Å². The van der Waals surface area contributed by atoms with Gasteiger partial charge in [-0.3, -0.25) is 14.9 Å². The van der Waals surface area contributed by atoms with E-state index in [-0.39, 0.29) is 24.2 Å². The molecule has 2 saturated carbocycles. The maximum absolute atomic E-state index is 12.4. The van der Waals surface area contributed by atoms with Crippen LogP contribution in [-0.4, -0.2) is 27.9 Å². The highest BCUT2D eigenvalue weighted by molar-refractivity contribution is 5.92. The predicted octanol–water partition coefficient (Wildman–Crippen LogP) is 3.64. The van der Waals surface area contributed by atoms with Gasteiger partial charge < -0.3 is 9.88 Å². The van der Waals surface area contributed by atoms with Gasteiger partial charge in [0.05, 0.1) is 11.0 Å². The highest BCUT2D eigenvalue weighted by Crippen LogP contribution is 2.37. The van der Waals surface area contributed by atoms with Gasteiger partial charge in [0.1, 0.15) is 0 Å². The number of amides is 2. The van der Waals surface area contributed by atoms with Crippen LogP contribution in [0.15, 0.2) is 24.3 Å². The van der Waals surface area contributed by atoms with Crippen LogP contribution in [-0.2, 0) is 9.59 Å². The third-order valence-electron chi connectivity index (χ3n) is 5.88. The monoisotopic (exact) mass is 368 g/mol. The van der Waals surface area contributed by atoms with E-state index in [1.54, 1.807) is 0 Å². The summed E-state index contributed by atoms with van der Waals surface area (Å²) in [6.07, 6.45) is 7.19. The van der Waals surface area contributed by atoms with Crippen LogP contribution >= 0.6 is 0 Å². The summed E-state index contributed by atoms with van der Waals surface area (Å²) in [5.74, 6) is 1.23. The van der Waals surface area contributed by atoms with Gasteiger partial charge in [0, 0.05) is 24.9 Å². The summed E-state index contributed by atoms with van der Waals surface area (Å²) in [6.45, 7) is 2.45. The highest BCUT2D eigenvalue weighted by atomic mass is 16.2. The van der Waals surface area contributed by atoms with E-state index >= 15 is 0 Å². The summed E-state index contributed by atoms with van der Waals surface area (Å²) in [4.78, 5) is 29.0. The Labute approximate surface area is 159 Å². The Morgan fingerprint density at radius 1 is 1.19 bits per heavy atom. The van der Waals surface area contributed by atoms with Crippen molar-refractivity contribution in [3.63, 3.8) is 0 Å². The number of hydrogen-bond donors (Lipinski definition) is 2. The Hall–Kier alpha value is -2.37. The first-order chi connectivity index (χ1) is 13.1. The van der Waals surface area contributed by atoms with Crippen molar-refractivity contribution in [2.45, 2.75) is 57.9 Å². The molecule has 0 bridgehead atoms. The molecule has 1 aromatic carbocycles. The molecule has 0 saturated heterocycles. The molecule has 4 rings (SSSR count). The summed E-state index contributed by atoms with van der Waals surface area (Å²) < 4.78 is 2.21. The zero-order valence-electron chi connectivity index (χ0n) is 15.9. The number of rotatable bonds is 6. The highest BCUT2D eigenvalue weighted by Gasteiger charge is 2.38. The van der Waals surface area contributed by atoms with Gasteiger partial charge in [0.25, 0.3) is 0 Å². The molecule has 2 aliphatic rings. The van der Waals surface area contributed by atoms with Crippen molar-refractivity contribution in [1.82, 2.24) is 14.9 Å². The molecule has 0 unspecified atom stereocenters. The number of nitrogens with zero attached hydrogens (tertiary/aromatic N) is 2. The summed E-state index contributed by atoms with van der Waals surface area (Å²) >= 11 is 0. The molecule has 2 fully saturated rings. The van der Waals surface area contributed by atoms with Crippen LogP contribution < -0.4 is 10.6 Å². The fraction of sp³-hybridized carbons (Fsp3) is 0.571. The Morgan fingerprint density at radius 2 is 1.93 bits per heavy atom. The third kappa shape index (κ3) is 3.99. The van der Waals surface area contributed by atoms with Crippen LogP contribution in [0, 0.1) is 11.8 Å². The van der Waals surface area contributed by atoms with Crippen molar-refractivity contribution >= 4 is 28.8 Å². The molecule has 2 aromatic rings. The number of carbonyl (C=O) groups is 2. The first-order valence-corrected chi connectivity index (χ1v) is 10.2. The number of hydrogen-bond acceptors (Lipinski definition) is 3. The topological polar surface area (TPSA) is 76.0 Å². The van der Waals surface area contributed by atoms with Crippen molar-refractivity contribution in [2.24, 2.45) is 11.8 Å². The van der Waals surface area contributed by atoms with E-state index in [0.717, 1.165) is 30.3 Å². The van der Waals surface area contributed by atoms with Crippen LogP contribution in [0.1, 0.15) is 57.9 Å². The fourth-order valence-corrected chi connectivity index (χ4v) is 4.15. The average molecular weight is 368 g/mol. The lowest BCUT2D eigenvalue weighted by Gasteiger charge is -2.25. The van der Waals surface area contributed by atoms with Gasteiger partial charge in [-0.1, -0.05) is 38.3 Å². The lowest BCUT2D eigenvalue weighted by atomic mass is 9.95. The molecule has 2 atom stereocenters. The second-order valence-corrected chi connectivity index (χ2v) is 7.99. The maximum atomic E-state index is 12.4. The number of aromatic nitrogens is 2. The van der Waals surface area contributed by atoms with Gasteiger partial charge in [-0.2, -0.15) is 0 Å². The van der Waals surface area contributed by atoms with E-state index in [2.05, 4.69) is 33.2 Å². The molecule has 2 N–H and O–H groups in total. The molecule has 1 heterocycles. The van der Waals surface area contributed by atoms with Gasteiger partial charge in [-0.05, 0) is 37.3 Å². The van der Waals surface area contributed by atoms with E-state index in [1.165, 1.54) is 19.3 Å². The molecule has 6 heteroatoms. The first-order valence-electron chi connectivity index (χ1n) is 10.2. The Bertz CT molecular complexity index is 838. The van der Waals surface area contributed by atoms with Crippen molar-refractivity contribution in [3.8, 4) is 0 Å². The second kappa shape index (κ2) is 7.71. The van der Waals surface area contributed by atoms with Crippen molar-refractivity contribution in [3.05, 3.63) is 24.3 Å². The van der Waals surface area contributed by atoms with Crippen LogP contribution in [0.5, 0.6) is 0 Å². The zero-order chi connectivity index (χ0) is 18.8. The summed E-state index contributed by atoms with van der Waals surface area (Å²) in [5.41, 5.74) is 1.99. The molecule has 0 spiro atoms. The van der Waals surface area contributed by atoms with Crippen LogP contribution in [0.25, 0.3) is 11.0 Å². The number of carbonyl (C=O) groups excluding carboxylic acids is 2. The Morgan fingerprint density at radius 3 is 2.67 bits per heavy atom. The van der Waals surface area contributed by atoms with Crippen molar-refractivity contribution in [2.75, 3.05) is 11.9 Å². The zero-order valence-corrected chi connectivity index (χ0v) is 15.9. The molecular formula is C21H28N4O2. The van der Waals surface area contributed by atoms with E-state index < -0.39 is 0 Å². The molecule has 2 aliphatic carbocycles. The molecule has 6 nitrogen and oxygen atoms in total. The van der Waals surface area contributed by atoms with Gasteiger partial charge in [0.15, 0.2) is 0 Å². The standard InChI is InChI=1S/C21H28N4O2/c1-14-13-16(14)20(27)22-12-11-19(26)24-21-23-17-9-5-6-10-18(17)25(21)15-7-3-2-4-8-15/h5-6,9-10,14-16H,2-4,7-8,11-13H2,1H3,(H,22,27)(H,23,24,26)/t14-,16+/m0/s1. The number of para-hydroxylation sites is 2. The molecule has 0 radical (unpaired) electrons. The molecular weight excluding hydrogens is 340 g/mol.